The van der Waals surface area contributed by atoms with Crippen molar-refractivity contribution >= 4 is 64.1 Å². The quantitative estimate of drug-likeness (QED) is 0.398. The summed E-state index contributed by atoms with van der Waals surface area (Å²) in [5, 5.41) is 2.13. The second-order valence-corrected chi connectivity index (χ2v) is 25.0. The van der Waals surface area contributed by atoms with Gasteiger partial charge < -0.3 is 20.6 Å². The Balaban J connectivity index is 2.74. The van der Waals surface area contributed by atoms with Gasteiger partial charge >= 0.3 is 17.6 Å². The highest BCUT2D eigenvalue weighted by Crippen LogP contribution is 2.24. The first-order valence-corrected chi connectivity index (χ1v) is 25.7. The molecule has 11 heteroatoms. The Morgan fingerprint density at radius 1 is 0.484 bits per heavy atom. The first-order valence-electron chi connectivity index (χ1n) is 11.1. The Hall–Kier alpha value is -0.459. The summed E-state index contributed by atoms with van der Waals surface area (Å²) >= 11 is 0. The van der Waals surface area contributed by atoms with Gasteiger partial charge in [-0.05, 0) is 62.7 Å². The highest BCUT2D eigenvalue weighted by Gasteiger charge is 2.57. The minimum atomic E-state index is -3.41. The minimum Gasteiger partial charge on any atom is -0.433 e. The van der Waals surface area contributed by atoms with Gasteiger partial charge in [0.15, 0.2) is 36.2 Å². The van der Waals surface area contributed by atoms with Crippen molar-refractivity contribution in [1.82, 2.24) is 0 Å². The van der Waals surface area contributed by atoms with Crippen LogP contribution in [-0.4, -0.2) is 53.8 Å². The van der Waals surface area contributed by atoms with Gasteiger partial charge in [-0.25, -0.2) is 0 Å². The van der Waals surface area contributed by atoms with Crippen LogP contribution in [0.3, 0.4) is 0 Å². The van der Waals surface area contributed by atoms with Crippen LogP contribution in [0.4, 0.5) is 0 Å². The van der Waals surface area contributed by atoms with E-state index < -0.39 is 53.8 Å². The van der Waals surface area contributed by atoms with Gasteiger partial charge in [0.1, 0.15) is 0 Å². The minimum absolute atomic E-state index is 1.07. The SMILES string of the molecule is C[SiH](C)O[Si](O[SiH](C)C)(O[SiH](C)C)O[Si](O[SiH](C)C)(c1ccccc1)c1ccccc1. The smallest absolute Gasteiger partial charge is 0.433 e. The molecule has 2 aromatic carbocycles. The molecule has 0 radical (unpaired) electrons. The monoisotopic (exact) mass is 526 g/mol. The number of benzene rings is 2. The van der Waals surface area contributed by atoms with E-state index in [0.717, 1.165) is 10.4 Å². The van der Waals surface area contributed by atoms with Crippen LogP contribution in [0.1, 0.15) is 0 Å². The summed E-state index contributed by atoms with van der Waals surface area (Å²) in [7, 11) is -12.6. The van der Waals surface area contributed by atoms with Crippen molar-refractivity contribution in [3.63, 3.8) is 0 Å². The van der Waals surface area contributed by atoms with Gasteiger partial charge in [-0.1, -0.05) is 60.7 Å². The van der Waals surface area contributed by atoms with E-state index in [0.29, 0.717) is 0 Å². The maximum atomic E-state index is 7.17. The molecule has 0 saturated heterocycles. The summed E-state index contributed by atoms with van der Waals surface area (Å²) in [5.41, 5.74) is 0. The lowest BCUT2D eigenvalue weighted by Crippen LogP contribution is -2.72. The molecule has 0 unspecified atom stereocenters. The maximum Gasteiger partial charge on any atom is 0.638 e. The summed E-state index contributed by atoms with van der Waals surface area (Å²) in [5.74, 6) is 0. The van der Waals surface area contributed by atoms with Crippen LogP contribution in [0.2, 0.25) is 52.4 Å². The third kappa shape index (κ3) is 7.82. The molecule has 2 rings (SSSR count). The highest BCUT2D eigenvalue weighted by atomic mass is 28.5. The molecule has 31 heavy (non-hydrogen) atoms. The molecule has 0 aliphatic carbocycles. The van der Waals surface area contributed by atoms with Gasteiger partial charge in [-0.2, -0.15) is 0 Å². The predicted octanol–water partition coefficient (Wildman–Crippen LogP) is 2.70. The Morgan fingerprint density at radius 2 is 0.806 bits per heavy atom. The summed E-state index contributed by atoms with van der Waals surface area (Å²) in [6, 6.07) is 20.7. The zero-order valence-electron chi connectivity index (χ0n) is 20.1. The number of hydrogen-bond donors (Lipinski definition) is 0. The molecule has 0 atom stereocenters. The second-order valence-electron chi connectivity index (χ2n) is 8.62. The molecule has 0 saturated carbocycles. The van der Waals surface area contributed by atoms with Crippen molar-refractivity contribution in [2.75, 3.05) is 0 Å². The zero-order valence-corrected chi connectivity index (χ0v) is 26.7. The third-order valence-electron chi connectivity index (χ3n) is 4.12. The van der Waals surface area contributed by atoms with Crippen LogP contribution < -0.4 is 10.4 Å². The molecular weight excluding hydrogens is 489 g/mol. The summed E-state index contributed by atoms with van der Waals surface area (Å²) < 4.78 is 33.8. The van der Waals surface area contributed by atoms with E-state index >= 15 is 0 Å². The molecule has 0 spiro atoms. The van der Waals surface area contributed by atoms with E-state index in [9.17, 15) is 0 Å². The normalized spacial score (nSPS) is 13.0. The molecule has 5 nitrogen and oxygen atoms in total. The first-order chi connectivity index (χ1) is 14.6. The Kier molecular flexibility index (Phi) is 10.5. The zero-order chi connectivity index (χ0) is 23.1. The standard InChI is InChI=1S/C20H38O5Si6/c1-26(2)21-30(19-15-11-9-12-16-19,20-17-13-10-14-18-20)25-31(22-27(3)4,23-28(5)6)24-29(7)8/h9-18,26-29H,1-8H3. The van der Waals surface area contributed by atoms with Gasteiger partial charge in [0.25, 0.3) is 0 Å². The molecule has 172 valence electrons. The van der Waals surface area contributed by atoms with E-state index in [2.05, 4.69) is 76.6 Å². The molecule has 0 aliphatic heterocycles. The lowest BCUT2D eigenvalue weighted by molar-refractivity contribution is 0.149. The van der Waals surface area contributed by atoms with Crippen molar-refractivity contribution in [1.29, 1.82) is 0 Å². The van der Waals surface area contributed by atoms with Crippen LogP contribution in [0.5, 0.6) is 0 Å². The van der Waals surface area contributed by atoms with Crippen molar-refractivity contribution < 1.29 is 20.6 Å². The second kappa shape index (κ2) is 12.1. The Labute approximate surface area is 197 Å². The van der Waals surface area contributed by atoms with Crippen molar-refractivity contribution in [2.24, 2.45) is 0 Å². The largest absolute Gasteiger partial charge is 0.638 e. The molecule has 0 aliphatic rings. The topological polar surface area (TPSA) is 46.2 Å². The van der Waals surface area contributed by atoms with Crippen LogP contribution in [0.25, 0.3) is 0 Å². The van der Waals surface area contributed by atoms with E-state index in [-0.39, 0.29) is 0 Å². The van der Waals surface area contributed by atoms with Gasteiger partial charge in [-0.3, -0.25) is 0 Å². The van der Waals surface area contributed by atoms with Gasteiger partial charge in [0.2, 0.25) is 0 Å². The molecule has 0 bridgehead atoms. The van der Waals surface area contributed by atoms with Gasteiger partial charge in [0.05, 0.1) is 0 Å². The fourth-order valence-corrected chi connectivity index (χ4v) is 22.6. The highest BCUT2D eigenvalue weighted by molar-refractivity contribution is 7.00. The van der Waals surface area contributed by atoms with Gasteiger partial charge in [0, 0.05) is 0 Å². The molecule has 0 amide bonds. The molecule has 2 aromatic rings. The van der Waals surface area contributed by atoms with Crippen LogP contribution in [0, 0.1) is 0 Å². The van der Waals surface area contributed by atoms with E-state index in [1.807, 2.05) is 36.4 Å². The summed E-state index contributed by atoms with van der Waals surface area (Å²) in [4.78, 5) is 0. The third-order valence-corrected chi connectivity index (χ3v) is 20.8. The van der Waals surface area contributed by atoms with E-state index in [1.165, 1.54) is 0 Å². The molecule has 0 aromatic heterocycles. The first kappa shape index (κ1) is 26.8. The molecule has 0 heterocycles. The fourth-order valence-electron chi connectivity index (χ4n) is 3.29. The molecule has 0 N–H and O–H groups in total. The van der Waals surface area contributed by atoms with E-state index in [4.69, 9.17) is 20.6 Å². The van der Waals surface area contributed by atoms with Crippen LogP contribution in [0.15, 0.2) is 60.7 Å². The summed E-state index contributed by atoms with van der Waals surface area (Å²) in [6.45, 7) is 17.3. The predicted molar refractivity (Wildman–Crippen MR) is 145 cm³/mol. The van der Waals surface area contributed by atoms with Crippen LogP contribution >= 0.6 is 0 Å². The Morgan fingerprint density at radius 3 is 1.10 bits per heavy atom. The number of rotatable bonds is 12. The van der Waals surface area contributed by atoms with Crippen molar-refractivity contribution in [2.45, 2.75) is 52.4 Å². The lowest BCUT2D eigenvalue weighted by Gasteiger charge is -2.42. The van der Waals surface area contributed by atoms with Crippen molar-refractivity contribution in [3.05, 3.63) is 60.7 Å². The maximum absolute atomic E-state index is 7.17. The molecule has 0 fully saturated rings. The van der Waals surface area contributed by atoms with Crippen molar-refractivity contribution in [3.8, 4) is 0 Å². The lowest BCUT2D eigenvalue weighted by atomic mass is 10.4. The number of hydrogen-bond acceptors (Lipinski definition) is 5. The van der Waals surface area contributed by atoms with Gasteiger partial charge in [-0.15, -0.1) is 0 Å². The van der Waals surface area contributed by atoms with E-state index in [1.54, 1.807) is 0 Å². The average molecular weight is 527 g/mol. The Bertz CT molecular complexity index is 710. The van der Waals surface area contributed by atoms with Crippen LogP contribution in [-0.2, 0) is 20.6 Å². The fraction of sp³-hybridized carbons (Fsp3) is 0.400. The average Bonchev–Trinajstić information content (AvgIpc) is 2.66. The summed E-state index contributed by atoms with van der Waals surface area (Å²) in [6.07, 6.45) is 0. The molecular formula is C20H38O5Si6.